The van der Waals surface area contributed by atoms with Crippen LogP contribution in [-0.2, 0) is 4.79 Å². The molecule has 1 N–H and O–H groups in total. The van der Waals surface area contributed by atoms with E-state index >= 15 is 0 Å². The highest BCUT2D eigenvalue weighted by atomic mass is 16.1. The van der Waals surface area contributed by atoms with Gasteiger partial charge in [-0.15, -0.1) is 0 Å². The molecule has 0 fully saturated rings. The highest BCUT2D eigenvalue weighted by Gasteiger charge is 2.12. The lowest BCUT2D eigenvalue weighted by Gasteiger charge is -2.13. The molecule has 0 aliphatic rings. The number of carbonyl (C=O) groups excluding carboxylic acids is 1. The van der Waals surface area contributed by atoms with Crippen LogP contribution in [0.4, 0.5) is 0 Å². The molecule has 0 saturated carbocycles. The van der Waals surface area contributed by atoms with Crippen molar-refractivity contribution in [1.82, 2.24) is 5.32 Å². The van der Waals surface area contributed by atoms with Crippen LogP contribution in [0.5, 0.6) is 0 Å². The van der Waals surface area contributed by atoms with Gasteiger partial charge >= 0.3 is 0 Å². The molecule has 1 amide bonds. The molecule has 2 nitrogen and oxygen atoms in total. The minimum atomic E-state index is 0.163. The van der Waals surface area contributed by atoms with Gasteiger partial charge in [0.05, 0.1) is 0 Å². The van der Waals surface area contributed by atoms with Gasteiger partial charge in [-0.3, -0.25) is 4.79 Å². The van der Waals surface area contributed by atoms with Crippen LogP contribution >= 0.6 is 0 Å². The van der Waals surface area contributed by atoms with Crippen molar-refractivity contribution in [2.75, 3.05) is 6.54 Å². The van der Waals surface area contributed by atoms with E-state index in [1.165, 1.54) is 0 Å². The summed E-state index contributed by atoms with van der Waals surface area (Å²) in [5.74, 6) is 0.967. The first-order valence-corrected chi connectivity index (χ1v) is 4.85. The van der Waals surface area contributed by atoms with E-state index in [4.69, 9.17) is 0 Å². The van der Waals surface area contributed by atoms with Crippen molar-refractivity contribution in [2.45, 2.75) is 40.5 Å². The van der Waals surface area contributed by atoms with Gasteiger partial charge in [-0.05, 0) is 18.8 Å². The van der Waals surface area contributed by atoms with Gasteiger partial charge in [-0.1, -0.05) is 27.7 Å². The van der Waals surface area contributed by atoms with Gasteiger partial charge in [-0.25, -0.2) is 0 Å². The Morgan fingerprint density at radius 1 is 1.33 bits per heavy atom. The number of hydrogen-bond donors (Lipinski definition) is 1. The molecule has 0 aromatic heterocycles. The first kappa shape index (κ1) is 11.5. The van der Waals surface area contributed by atoms with E-state index in [1.54, 1.807) is 0 Å². The fourth-order valence-corrected chi connectivity index (χ4v) is 1.24. The van der Waals surface area contributed by atoms with Crippen LogP contribution < -0.4 is 5.32 Å². The van der Waals surface area contributed by atoms with E-state index in [0.717, 1.165) is 19.4 Å². The zero-order chi connectivity index (χ0) is 9.56. The molecule has 2 heteroatoms. The first-order valence-electron chi connectivity index (χ1n) is 4.85. The molecule has 1 unspecified atom stereocenters. The van der Waals surface area contributed by atoms with Crippen LogP contribution in [0.25, 0.3) is 0 Å². The van der Waals surface area contributed by atoms with Gasteiger partial charge in [0, 0.05) is 12.5 Å². The molecule has 0 spiro atoms. The molecule has 72 valence electrons. The van der Waals surface area contributed by atoms with Crippen molar-refractivity contribution in [3.63, 3.8) is 0 Å². The monoisotopic (exact) mass is 171 g/mol. The van der Waals surface area contributed by atoms with Gasteiger partial charge in [0.2, 0.25) is 5.91 Å². The summed E-state index contributed by atoms with van der Waals surface area (Å²) in [5.41, 5.74) is 0. The van der Waals surface area contributed by atoms with Gasteiger partial charge in [0.25, 0.3) is 0 Å². The van der Waals surface area contributed by atoms with Crippen molar-refractivity contribution in [2.24, 2.45) is 11.8 Å². The predicted molar refractivity (Wildman–Crippen MR) is 51.9 cm³/mol. The molecule has 1 atom stereocenters. The maximum atomic E-state index is 11.3. The quantitative estimate of drug-likeness (QED) is 0.675. The Kier molecular flexibility index (Phi) is 5.77. The normalized spacial score (nSPS) is 13.1. The fraction of sp³-hybridized carbons (Fsp3) is 0.900. The third kappa shape index (κ3) is 5.16. The Labute approximate surface area is 75.7 Å². The largest absolute Gasteiger partial charge is 0.356 e. The second-order valence-electron chi connectivity index (χ2n) is 3.82. The van der Waals surface area contributed by atoms with Crippen LogP contribution in [-0.4, -0.2) is 12.5 Å². The van der Waals surface area contributed by atoms with Crippen LogP contribution in [0.15, 0.2) is 0 Å². The molecule has 0 aromatic rings. The van der Waals surface area contributed by atoms with Crippen molar-refractivity contribution >= 4 is 5.91 Å². The van der Waals surface area contributed by atoms with Gasteiger partial charge in [0.15, 0.2) is 0 Å². The van der Waals surface area contributed by atoms with Gasteiger partial charge in [0.1, 0.15) is 0 Å². The van der Waals surface area contributed by atoms with E-state index in [2.05, 4.69) is 26.1 Å². The Balaban J connectivity index is 3.61. The van der Waals surface area contributed by atoms with Crippen molar-refractivity contribution in [1.29, 1.82) is 0 Å². The van der Waals surface area contributed by atoms with Crippen LogP contribution in [0, 0.1) is 11.8 Å². The van der Waals surface area contributed by atoms with Crippen molar-refractivity contribution in [3.05, 3.63) is 0 Å². The second-order valence-corrected chi connectivity index (χ2v) is 3.82. The second kappa shape index (κ2) is 6.04. The van der Waals surface area contributed by atoms with Crippen molar-refractivity contribution < 1.29 is 4.79 Å². The van der Waals surface area contributed by atoms with Gasteiger partial charge < -0.3 is 5.32 Å². The SMILES string of the molecule is CCCNC(=O)C(C)CC(C)C. The minimum Gasteiger partial charge on any atom is -0.356 e. The third-order valence-corrected chi connectivity index (χ3v) is 1.82. The summed E-state index contributed by atoms with van der Waals surface area (Å²) in [7, 11) is 0. The number of carbonyl (C=O) groups is 1. The standard InChI is InChI=1S/C10H21NO/c1-5-6-11-10(12)9(4)7-8(2)3/h8-9H,5-7H2,1-4H3,(H,11,12). The van der Waals surface area contributed by atoms with Crippen LogP contribution in [0.3, 0.4) is 0 Å². The van der Waals surface area contributed by atoms with Crippen molar-refractivity contribution in [3.8, 4) is 0 Å². The topological polar surface area (TPSA) is 29.1 Å². The summed E-state index contributed by atoms with van der Waals surface area (Å²) < 4.78 is 0. The average molecular weight is 171 g/mol. The first-order chi connectivity index (χ1) is 5.57. The number of nitrogens with one attached hydrogen (secondary N) is 1. The van der Waals surface area contributed by atoms with E-state index in [9.17, 15) is 4.79 Å². The number of amides is 1. The molecular weight excluding hydrogens is 150 g/mol. The zero-order valence-corrected chi connectivity index (χ0v) is 8.68. The highest BCUT2D eigenvalue weighted by molar-refractivity contribution is 5.78. The smallest absolute Gasteiger partial charge is 0.222 e. The van der Waals surface area contributed by atoms with Gasteiger partial charge in [-0.2, -0.15) is 0 Å². The summed E-state index contributed by atoms with van der Waals surface area (Å²) in [5, 5.41) is 2.90. The van der Waals surface area contributed by atoms with E-state index in [0.29, 0.717) is 5.92 Å². The molecule has 0 saturated heterocycles. The average Bonchev–Trinajstić information content (AvgIpc) is 1.98. The van der Waals surface area contributed by atoms with Crippen LogP contribution in [0.2, 0.25) is 0 Å². The Hall–Kier alpha value is -0.530. The molecule has 0 aromatic carbocycles. The molecule has 12 heavy (non-hydrogen) atoms. The van der Waals surface area contributed by atoms with E-state index < -0.39 is 0 Å². The minimum absolute atomic E-state index is 0.163. The molecule has 0 aliphatic heterocycles. The maximum absolute atomic E-state index is 11.3. The predicted octanol–water partition coefficient (Wildman–Crippen LogP) is 2.19. The lowest BCUT2D eigenvalue weighted by Crippen LogP contribution is -2.30. The number of rotatable bonds is 5. The Morgan fingerprint density at radius 3 is 2.33 bits per heavy atom. The molecule has 0 rings (SSSR count). The third-order valence-electron chi connectivity index (χ3n) is 1.82. The molecule has 0 bridgehead atoms. The van der Waals surface area contributed by atoms with E-state index in [-0.39, 0.29) is 11.8 Å². The number of hydrogen-bond acceptors (Lipinski definition) is 1. The Morgan fingerprint density at radius 2 is 1.92 bits per heavy atom. The summed E-state index contributed by atoms with van der Waals surface area (Å²) in [6.45, 7) is 9.15. The maximum Gasteiger partial charge on any atom is 0.222 e. The molecule has 0 aliphatic carbocycles. The zero-order valence-electron chi connectivity index (χ0n) is 8.68. The van der Waals surface area contributed by atoms with E-state index in [1.807, 2.05) is 6.92 Å². The van der Waals surface area contributed by atoms with Crippen LogP contribution in [0.1, 0.15) is 40.5 Å². The lowest BCUT2D eigenvalue weighted by molar-refractivity contribution is -0.124. The highest BCUT2D eigenvalue weighted by Crippen LogP contribution is 2.10. The molecular formula is C10H21NO. The Bertz CT molecular complexity index is 132. The summed E-state index contributed by atoms with van der Waals surface area (Å²) in [4.78, 5) is 11.3. The summed E-state index contributed by atoms with van der Waals surface area (Å²) in [6, 6.07) is 0. The molecule has 0 heterocycles. The fourth-order valence-electron chi connectivity index (χ4n) is 1.24. The summed E-state index contributed by atoms with van der Waals surface area (Å²) >= 11 is 0. The lowest BCUT2D eigenvalue weighted by atomic mass is 9.98. The summed E-state index contributed by atoms with van der Waals surface area (Å²) in [6.07, 6.45) is 2.00. The molecule has 0 radical (unpaired) electrons.